The topological polar surface area (TPSA) is 102 Å². The third-order valence-corrected chi connectivity index (χ3v) is 6.01. The molecule has 2 heterocycles. The summed E-state index contributed by atoms with van der Waals surface area (Å²) < 4.78 is 30.6. The zero-order chi connectivity index (χ0) is 22.1. The first kappa shape index (κ1) is 21.5. The Balaban J connectivity index is 1.49. The number of hydrogen-bond donors (Lipinski definition) is 2. The Kier molecular flexibility index (Phi) is 6.10. The van der Waals surface area contributed by atoms with Gasteiger partial charge in [-0.2, -0.15) is 13.9 Å². The van der Waals surface area contributed by atoms with Gasteiger partial charge in [-0.1, -0.05) is 23.7 Å². The van der Waals surface area contributed by atoms with Crippen molar-refractivity contribution >= 4 is 23.5 Å². The maximum atomic E-state index is 12.8. The first-order valence-corrected chi connectivity index (χ1v) is 10.3. The molecule has 8 nitrogen and oxygen atoms in total. The molecule has 1 aromatic carbocycles. The van der Waals surface area contributed by atoms with Gasteiger partial charge in [0.15, 0.2) is 0 Å². The van der Waals surface area contributed by atoms with E-state index in [-0.39, 0.29) is 36.7 Å². The summed E-state index contributed by atoms with van der Waals surface area (Å²) in [6, 6.07) is 6.43. The molecule has 31 heavy (non-hydrogen) atoms. The zero-order valence-electron chi connectivity index (χ0n) is 16.6. The summed E-state index contributed by atoms with van der Waals surface area (Å²) in [5, 5.41) is 7.92. The van der Waals surface area contributed by atoms with Crippen LogP contribution in [0.1, 0.15) is 28.9 Å². The number of halogens is 3. The molecule has 1 aromatic heterocycles. The van der Waals surface area contributed by atoms with E-state index in [0.717, 1.165) is 6.42 Å². The van der Waals surface area contributed by atoms with Gasteiger partial charge in [0.25, 0.3) is 5.91 Å². The molecule has 2 atom stereocenters. The van der Waals surface area contributed by atoms with Crippen molar-refractivity contribution in [1.29, 1.82) is 0 Å². The van der Waals surface area contributed by atoms with Crippen LogP contribution in [0.15, 0.2) is 24.3 Å². The van der Waals surface area contributed by atoms with Crippen LogP contribution in [0.3, 0.4) is 0 Å². The van der Waals surface area contributed by atoms with Crippen molar-refractivity contribution in [3.05, 3.63) is 40.5 Å². The number of primary amides is 1. The molecule has 1 fully saturated rings. The van der Waals surface area contributed by atoms with Crippen molar-refractivity contribution in [2.45, 2.75) is 38.6 Å². The fraction of sp³-hybridized carbons (Fsp3) is 0.450. The van der Waals surface area contributed by atoms with E-state index in [1.54, 1.807) is 33.8 Å². The lowest BCUT2D eigenvalue weighted by Gasteiger charge is -2.38. The third kappa shape index (κ3) is 4.49. The number of nitrogens with two attached hydrogens (primary N) is 1. The average Bonchev–Trinajstić information content (AvgIpc) is 3.10. The number of amides is 3. The maximum absolute atomic E-state index is 12.8. The second kappa shape index (κ2) is 8.80. The minimum Gasteiger partial charge on any atom is -0.365 e. The summed E-state index contributed by atoms with van der Waals surface area (Å²) in [6.07, 6.45) is 1.43. The van der Waals surface area contributed by atoms with Crippen molar-refractivity contribution in [3.63, 3.8) is 0 Å². The van der Waals surface area contributed by atoms with E-state index in [1.807, 2.05) is 0 Å². The monoisotopic (exact) mass is 453 g/mol. The first-order chi connectivity index (χ1) is 14.8. The SMILES string of the molecule is NC(=O)c1c(-c2cccc(Cl)c2)nn2c1CN(C(=O)N[C@@H]1CC[C@H]1COC(F)F)CC2. The second-order valence-corrected chi connectivity index (χ2v) is 8.11. The fourth-order valence-electron chi connectivity index (χ4n) is 3.99. The normalized spacial score (nSPS) is 20.3. The van der Waals surface area contributed by atoms with Crippen LogP contribution in [0.5, 0.6) is 0 Å². The van der Waals surface area contributed by atoms with Gasteiger partial charge >= 0.3 is 12.6 Å². The van der Waals surface area contributed by atoms with Gasteiger partial charge in [0, 0.05) is 29.1 Å². The van der Waals surface area contributed by atoms with Gasteiger partial charge in [0.2, 0.25) is 0 Å². The predicted octanol–water partition coefficient (Wildman–Crippen LogP) is 2.85. The molecule has 166 valence electrons. The highest BCUT2D eigenvalue weighted by molar-refractivity contribution is 6.30. The van der Waals surface area contributed by atoms with E-state index in [9.17, 15) is 18.4 Å². The molecular formula is C20H22ClF2N5O3. The molecule has 1 aliphatic heterocycles. The van der Waals surface area contributed by atoms with Crippen LogP contribution in [0.25, 0.3) is 11.3 Å². The molecule has 0 saturated heterocycles. The molecule has 1 aliphatic carbocycles. The Bertz CT molecular complexity index is 999. The lowest BCUT2D eigenvalue weighted by Crippen LogP contribution is -2.54. The molecule has 0 unspecified atom stereocenters. The Morgan fingerprint density at radius 3 is 2.77 bits per heavy atom. The quantitative estimate of drug-likeness (QED) is 0.702. The zero-order valence-corrected chi connectivity index (χ0v) is 17.3. The molecule has 0 bridgehead atoms. The van der Waals surface area contributed by atoms with Crippen molar-refractivity contribution in [1.82, 2.24) is 20.0 Å². The van der Waals surface area contributed by atoms with Crippen LogP contribution >= 0.6 is 11.6 Å². The molecule has 3 N–H and O–H groups in total. The smallest absolute Gasteiger partial charge is 0.345 e. The Morgan fingerprint density at radius 1 is 1.32 bits per heavy atom. The number of urea groups is 1. The van der Waals surface area contributed by atoms with E-state index in [0.29, 0.717) is 41.5 Å². The van der Waals surface area contributed by atoms with Crippen LogP contribution in [0, 0.1) is 5.92 Å². The number of carbonyl (C=O) groups is 2. The van der Waals surface area contributed by atoms with E-state index in [2.05, 4.69) is 15.2 Å². The summed E-state index contributed by atoms with van der Waals surface area (Å²) in [5.41, 5.74) is 7.54. The molecule has 3 amide bonds. The predicted molar refractivity (Wildman–Crippen MR) is 109 cm³/mol. The Labute approximate surface area is 182 Å². The molecule has 0 radical (unpaired) electrons. The van der Waals surface area contributed by atoms with Crippen LogP contribution in [-0.2, 0) is 17.8 Å². The number of ether oxygens (including phenoxy) is 1. The van der Waals surface area contributed by atoms with E-state index >= 15 is 0 Å². The third-order valence-electron chi connectivity index (χ3n) is 5.77. The molecule has 0 spiro atoms. The van der Waals surface area contributed by atoms with Crippen molar-refractivity contribution in [2.24, 2.45) is 11.7 Å². The number of fused-ring (bicyclic) bond motifs is 1. The summed E-state index contributed by atoms with van der Waals surface area (Å²) >= 11 is 6.07. The van der Waals surface area contributed by atoms with Crippen LogP contribution in [-0.4, -0.2) is 52.4 Å². The standard InChI is InChI=1S/C20H22ClF2N5O3/c21-13-3-1-2-11(8-13)17-16(18(24)29)15-9-27(6-7-28(15)26-17)20(30)25-14-5-4-12(14)10-31-19(22)23/h1-3,8,12,14,19H,4-7,9-10H2,(H2,24,29)(H,25,30)/t12-,14+/m0/s1. The minimum atomic E-state index is -2.82. The molecule has 2 aliphatic rings. The summed E-state index contributed by atoms with van der Waals surface area (Å²) in [7, 11) is 0. The second-order valence-electron chi connectivity index (χ2n) is 7.68. The van der Waals surface area contributed by atoms with Gasteiger partial charge in [-0.25, -0.2) is 4.79 Å². The highest BCUT2D eigenvalue weighted by Crippen LogP contribution is 2.31. The largest absolute Gasteiger partial charge is 0.365 e. The molecular weight excluding hydrogens is 432 g/mol. The average molecular weight is 454 g/mol. The highest BCUT2D eigenvalue weighted by atomic mass is 35.5. The van der Waals surface area contributed by atoms with Crippen LogP contribution < -0.4 is 11.1 Å². The summed E-state index contributed by atoms with van der Waals surface area (Å²) in [4.78, 5) is 26.6. The minimum absolute atomic E-state index is 0.0931. The number of carbonyl (C=O) groups excluding carboxylic acids is 2. The molecule has 4 rings (SSSR count). The van der Waals surface area contributed by atoms with E-state index < -0.39 is 12.5 Å². The van der Waals surface area contributed by atoms with Gasteiger partial charge in [-0.3, -0.25) is 9.48 Å². The van der Waals surface area contributed by atoms with Gasteiger partial charge in [0.1, 0.15) is 5.69 Å². The van der Waals surface area contributed by atoms with Gasteiger partial charge in [-0.15, -0.1) is 0 Å². The maximum Gasteiger partial charge on any atom is 0.345 e. The van der Waals surface area contributed by atoms with Crippen molar-refractivity contribution < 1.29 is 23.1 Å². The number of benzene rings is 1. The molecule has 11 heteroatoms. The Morgan fingerprint density at radius 2 is 2.13 bits per heavy atom. The fourth-order valence-corrected chi connectivity index (χ4v) is 4.18. The highest BCUT2D eigenvalue weighted by Gasteiger charge is 2.35. The number of aromatic nitrogens is 2. The number of rotatable bonds is 6. The molecule has 2 aromatic rings. The Hall–Kier alpha value is -2.72. The summed E-state index contributed by atoms with van der Waals surface area (Å²) in [5.74, 6) is -0.773. The van der Waals surface area contributed by atoms with E-state index in [4.69, 9.17) is 17.3 Å². The van der Waals surface area contributed by atoms with E-state index in [1.165, 1.54) is 0 Å². The van der Waals surface area contributed by atoms with Gasteiger partial charge in [0.05, 0.1) is 31.0 Å². The van der Waals surface area contributed by atoms with Gasteiger partial charge in [-0.05, 0) is 25.0 Å². The lowest BCUT2D eigenvalue weighted by molar-refractivity contribution is -0.146. The number of nitrogens with one attached hydrogen (secondary N) is 1. The lowest BCUT2D eigenvalue weighted by atomic mass is 9.80. The first-order valence-electron chi connectivity index (χ1n) is 9.94. The van der Waals surface area contributed by atoms with Crippen LogP contribution in [0.2, 0.25) is 5.02 Å². The number of nitrogens with zero attached hydrogens (tertiary/aromatic N) is 3. The van der Waals surface area contributed by atoms with Crippen molar-refractivity contribution in [3.8, 4) is 11.3 Å². The van der Waals surface area contributed by atoms with Gasteiger partial charge < -0.3 is 20.7 Å². The van der Waals surface area contributed by atoms with Crippen LogP contribution in [0.4, 0.5) is 13.6 Å². The molecule has 1 saturated carbocycles. The number of alkyl halides is 2. The summed E-state index contributed by atoms with van der Waals surface area (Å²) in [6.45, 7) is -1.97. The number of hydrogen-bond acceptors (Lipinski definition) is 4. The van der Waals surface area contributed by atoms with Crippen molar-refractivity contribution in [2.75, 3.05) is 13.2 Å².